The molecule has 0 aromatic rings. The molecule has 2 nitrogen and oxygen atoms in total. The van der Waals surface area contributed by atoms with Crippen LogP contribution in [0.1, 0.15) is 72.1 Å². The maximum Gasteiger partial charge on any atom is 0.157 e. The van der Waals surface area contributed by atoms with E-state index >= 15 is 0 Å². The molecular weight excluding hydrogens is 248 g/mol. The quantitative estimate of drug-likeness (QED) is 0.233. The van der Waals surface area contributed by atoms with Crippen molar-refractivity contribution in [3.8, 4) is 0 Å². The molecular formula is C18H34O2. The highest BCUT2D eigenvalue weighted by molar-refractivity contribution is 4.80. The zero-order valence-corrected chi connectivity index (χ0v) is 13.8. The minimum atomic E-state index is -0.0217. The van der Waals surface area contributed by atoms with Crippen molar-refractivity contribution in [1.82, 2.24) is 0 Å². The van der Waals surface area contributed by atoms with Crippen molar-refractivity contribution in [3.63, 3.8) is 0 Å². The summed E-state index contributed by atoms with van der Waals surface area (Å²) in [5.41, 5.74) is 0. The van der Waals surface area contributed by atoms with Crippen LogP contribution in [0.15, 0.2) is 24.3 Å². The Bertz CT molecular complexity index is 214. The second kappa shape index (κ2) is 16.5. The monoisotopic (exact) mass is 282 g/mol. The molecule has 0 bridgehead atoms. The number of unbranched alkanes of at least 4 members (excludes halogenated alkanes) is 2. The van der Waals surface area contributed by atoms with Crippen molar-refractivity contribution >= 4 is 0 Å². The Morgan fingerprint density at radius 2 is 1.30 bits per heavy atom. The molecule has 0 aromatic carbocycles. The molecule has 118 valence electrons. The molecule has 0 atom stereocenters. The van der Waals surface area contributed by atoms with E-state index in [1.165, 1.54) is 19.3 Å². The highest BCUT2D eigenvalue weighted by atomic mass is 16.7. The van der Waals surface area contributed by atoms with Gasteiger partial charge in [-0.15, -0.1) is 0 Å². The van der Waals surface area contributed by atoms with E-state index in [2.05, 4.69) is 45.1 Å². The highest BCUT2D eigenvalue weighted by Gasteiger charge is 2.08. The Morgan fingerprint density at radius 1 is 0.750 bits per heavy atom. The van der Waals surface area contributed by atoms with Gasteiger partial charge in [-0.1, -0.05) is 57.9 Å². The summed E-state index contributed by atoms with van der Waals surface area (Å²) in [6.07, 6.45) is 17.6. The van der Waals surface area contributed by atoms with Crippen molar-refractivity contribution in [2.75, 3.05) is 13.2 Å². The lowest BCUT2D eigenvalue weighted by molar-refractivity contribution is -0.144. The smallest absolute Gasteiger partial charge is 0.157 e. The van der Waals surface area contributed by atoms with Crippen molar-refractivity contribution in [3.05, 3.63) is 24.3 Å². The predicted molar refractivity (Wildman–Crippen MR) is 87.9 cm³/mol. The van der Waals surface area contributed by atoms with Gasteiger partial charge in [-0.05, 0) is 38.5 Å². The van der Waals surface area contributed by atoms with Gasteiger partial charge in [0, 0.05) is 0 Å². The van der Waals surface area contributed by atoms with Crippen LogP contribution >= 0.6 is 0 Å². The van der Waals surface area contributed by atoms with Gasteiger partial charge >= 0.3 is 0 Å². The molecule has 0 aromatic heterocycles. The third-order valence-corrected chi connectivity index (χ3v) is 3.02. The maximum atomic E-state index is 5.84. The minimum Gasteiger partial charge on any atom is -0.352 e. The Balaban J connectivity index is 3.81. The summed E-state index contributed by atoms with van der Waals surface area (Å²) in [7, 11) is 0. The van der Waals surface area contributed by atoms with Crippen LogP contribution in [0.3, 0.4) is 0 Å². The van der Waals surface area contributed by atoms with Gasteiger partial charge < -0.3 is 9.47 Å². The van der Waals surface area contributed by atoms with Gasteiger partial charge in [0.05, 0.1) is 13.2 Å². The Morgan fingerprint density at radius 3 is 1.75 bits per heavy atom. The molecule has 0 spiro atoms. The Labute approximate surface area is 126 Å². The third kappa shape index (κ3) is 13.8. The zero-order valence-electron chi connectivity index (χ0n) is 13.8. The molecule has 0 saturated heterocycles. The van der Waals surface area contributed by atoms with Crippen LogP contribution in [-0.2, 0) is 9.47 Å². The summed E-state index contributed by atoms with van der Waals surface area (Å²) in [6.45, 7) is 8.05. The van der Waals surface area contributed by atoms with Gasteiger partial charge in [0.1, 0.15) is 0 Å². The van der Waals surface area contributed by atoms with Crippen LogP contribution in [0.2, 0.25) is 0 Å². The number of hydrogen-bond donors (Lipinski definition) is 0. The second-order valence-electron chi connectivity index (χ2n) is 5.00. The van der Waals surface area contributed by atoms with Crippen LogP contribution in [-0.4, -0.2) is 19.5 Å². The van der Waals surface area contributed by atoms with Crippen molar-refractivity contribution in [2.45, 2.75) is 78.4 Å². The molecule has 0 fully saturated rings. The van der Waals surface area contributed by atoms with E-state index in [4.69, 9.17) is 9.47 Å². The summed E-state index contributed by atoms with van der Waals surface area (Å²) in [4.78, 5) is 0. The minimum absolute atomic E-state index is 0.0217. The Hall–Kier alpha value is -0.600. The number of allylic oxidation sites excluding steroid dienone is 2. The molecule has 0 unspecified atom stereocenters. The number of hydrogen-bond acceptors (Lipinski definition) is 2. The largest absolute Gasteiger partial charge is 0.352 e. The van der Waals surface area contributed by atoms with Crippen LogP contribution in [0.4, 0.5) is 0 Å². The van der Waals surface area contributed by atoms with Gasteiger partial charge in [-0.2, -0.15) is 0 Å². The first-order chi connectivity index (χ1) is 9.85. The molecule has 0 aliphatic rings. The fourth-order valence-corrected chi connectivity index (χ4v) is 1.88. The molecule has 0 radical (unpaired) electrons. The second-order valence-corrected chi connectivity index (χ2v) is 5.00. The van der Waals surface area contributed by atoms with Gasteiger partial charge in [-0.3, -0.25) is 0 Å². The maximum absolute atomic E-state index is 5.84. The van der Waals surface area contributed by atoms with Crippen LogP contribution in [0.5, 0.6) is 0 Å². The van der Waals surface area contributed by atoms with Gasteiger partial charge in [-0.25, -0.2) is 0 Å². The lowest BCUT2D eigenvalue weighted by Crippen LogP contribution is -2.18. The highest BCUT2D eigenvalue weighted by Crippen LogP contribution is 2.09. The lowest BCUT2D eigenvalue weighted by atomic mass is 10.2. The summed E-state index contributed by atoms with van der Waals surface area (Å²) in [6, 6.07) is 0. The lowest BCUT2D eigenvalue weighted by Gasteiger charge is -2.18. The molecule has 0 rings (SSSR count). The van der Waals surface area contributed by atoms with Gasteiger partial charge in [0.2, 0.25) is 0 Å². The molecule has 0 aliphatic heterocycles. The predicted octanol–water partition coefficient (Wildman–Crippen LogP) is 5.64. The van der Waals surface area contributed by atoms with Crippen LogP contribution in [0.25, 0.3) is 0 Å². The first kappa shape index (κ1) is 19.4. The van der Waals surface area contributed by atoms with E-state index in [1.54, 1.807) is 0 Å². The molecule has 0 saturated carbocycles. The number of rotatable bonds is 14. The first-order valence-corrected chi connectivity index (χ1v) is 8.38. The summed E-state index contributed by atoms with van der Waals surface area (Å²) >= 11 is 0. The third-order valence-electron chi connectivity index (χ3n) is 3.02. The molecule has 0 heterocycles. The van der Waals surface area contributed by atoms with E-state index in [1.807, 2.05) is 0 Å². The van der Waals surface area contributed by atoms with E-state index in [0.717, 1.165) is 45.3 Å². The average Bonchev–Trinajstić information content (AvgIpc) is 2.46. The van der Waals surface area contributed by atoms with Crippen LogP contribution < -0.4 is 0 Å². The van der Waals surface area contributed by atoms with E-state index in [-0.39, 0.29) is 6.29 Å². The summed E-state index contributed by atoms with van der Waals surface area (Å²) < 4.78 is 11.7. The molecule has 0 amide bonds. The van der Waals surface area contributed by atoms with Crippen molar-refractivity contribution < 1.29 is 9.47 Å². The summed E-state index contributed by atoms with van der Waals surface area (Å²) in [5, 5.41) is 0. The van der Waals surface area contributed by atoms with Crippen molar-refractivity contribution in [2.24, 2.45) is 0 Å². The van der Waals surface area contributed by atoms with Crippen LogP contribution in [0, 0.1) is 0 Å². The van der Waals surface area contributed by atoms with Gasteiger partial charge in [0.25, 0.3) is 0 Å². The molecule has 0 aliphatic carbocycles. The van der Waals surface area contributed by atoms with Gasteiger partial charge in [0.15, 0.2) is 6.29 Å². The van der Waals surface area contributed by atoms with E-state index in [0.29, 0.717) is 0 Å². The average molecular weight is 282 g/mol. The first-order valence-electron chi connectivity index (χ1n) is 8.38. The molecule has 20 heavy (non-hydrogen) atoms. The Kier molecular flexibility index (Phi) is 16.0. The number of ether oxygens (including phenoxy) is 2. The molecule has 0 N–H and O–H groups in total. The molecule has 2 heteroatoms. The van der Waals surface area contributed by atoms with Crippen molar-refractivity contribution in [1.29, 1.82) is 0 Å². The summed E-state index contributed by atoms with van der Waals surface area (Å²) in [5.74, 6) is 0. The SMILES string of the molecule is CC/C=C\CCOC(CCCCC)OCC/C=C\CC. The van der Waals surface area contributed by atoms with E-state index < -0.39 is 0 Å². The topological polar surface area (TPSA) is 18.5 Å². The normalized spacial score (nSPS) is 12.2. The van der Waals surface area contributed by atoms with E-state index in [9.17, 15) is 0 Å². The zero-order chi connectivity index (χ0) is 14.9. The fourth-order valence-electron chi connectivity index (χ4n) is 1.88. The fraction of sp³-hybridized carbons (Fsp3) is 0.778. The standard InChI is InChI=1S/C18H34O2/c1-4-7-10-13-16-19-18(15-12-9-6-3)20-17-14-11-8-5-2/h7-8,10-11,18H,4-6,9,12-17H2,1-3H3/b10-7-,11-8-.